The number of aryl methyl sites for hydroxylation is 1. The van der Waals surface area contributed by atoms with Gasteiger partial charge in [-0.25, -0.2) is 10.2 Å². The molecule has 0 radical (unpaired) electrons. The van der Waals surface area contributed by atoms with Gasteiger partial charge in [0.15, 0.2) is 0 Å². The molecular weight excluding hydrogens is 178 g/mol. The lowest BCUT2D eigenvalue weighted by Gasteiger charge is -1.99. The van der Waals surface area contributed by atoms with Crippen molar-refractivity contribution < 1.29 is 4.79 Å². The van der Waals surface area contributed by atoms with Crippen molar-refractivity contribution in [1.82, 2.24) is 5.43 Å². The maximum Gasteiger partial charge on any atom is 0.332 e. The Kier molecular flexibility index (Phi) is 2.18. The summed E-state index contributed by atoms with van der Waals surface area (Å²) >= 11 is 0. The molecule has 0 bridgehead atoms. The Hall–Kier alpha value is -1.84. The van der Waals surface area contributed by atoms with E-state index in [4.69, 9.17) is 5.73 Å². The quantitative estimate of drug-likeness (QED) is 0.636. The van der Waals surface area contributed by atoms with Crippen LogP contribution in [0.5, 0.6) is 0 Å². The molecule has 14 heavy (non-hydrogen) atoms. The minimum Gasteiger partial charge on any atom is -0.350 e. The predicted octanol–water partition coefficient (Wildman–Crippen LogP) is 1.01. The Morgan fingerprint density at radius 3 is 2.93 bits per heavy atom. The van der Waals surface area contributed by atoms with Gasteiger partial charge < -0.3 is 5.73 Å². The Labute approximate surface area is 81.8 Å². The van der Waals surface area contributed by atoms with Gasteiger partial charge in [0.2, 0.25) is 0 Å². The lowest BCUT2D eigenvalue weighted by Crippen LogP contribution is -2.25. The van der Waals surface area contributed by atoms with Crippen LogP contribution in [-0.2, 0) is 6.42 Å². The van der Waals surface area contributed by atoms with Gasteiger partial charge in [0, 0.05) is 5.56 Å². The molecule has 1 aromatic rings. The number of benzene rings is 1. The van der Waals surface area contributed by atoms with Crippen LogP contribution in [0, 0.1) is 0 Å². The van der Waals surface area contributed by atoms with Crippen molar-refractivity contribution in [3.8, 4) is 0 Å². The Morgan fingerprint density at radius 2 is 2.14 bits per heavy atom. The van der Waals surface area contributed by atoms with Gasteiger partial charge in [0.05, 0.1) is 5.71 Å². The van der Waals surface area contributed by atoms with Crippen LogP contribution in [0.2, 0.25) is 0 Å². The third kappa shape index (κ3) is 1.59. The number of nitrogens with zero attached hydrogens (tertiary/aromatic N) is 1. The normalized spacial score (nSPS) is 16.7. The molecule has 0 aliphatic heterocycles. The summed E-state index contributed by atoms with van der Waals surface area (Å²) < 4.78 is 0. The summed E-state index contributed by atoms with van der Waals surface area (Å²) in [5.41, 5.74) is 10.5. The summed E-state index contributed by atoms with van der Waals surface area (Å²) in [6.07, 6.45) is 1.84. The molecule has 0 spiro atoms. The van der Waals surface area contributed by atoms with Crippen molar-refractivity contribution in [2.75, 3.05) is 0 Å². The van der Waals surface area contributed by atoms with Gasteiger partial charge in [-0.15, -0.1) is 0 Å². The second-order valence-corrected chi connectivity index (χ2v) is 3.19. The number of carbonyl (C=O) groups is 1. The molecule has 1 aliphatic carbocycles. The number of carbonyl (C=O) groups excluding carboxylic acids is 1. The van der Waals surface area contributed by atoms with E-state index in [9.17, 15) is 4.79 Å². The molecule has 2 amide bonds. The highest BCUT2D eigenvalue weighted by Gasteiger charge is 2.16. The van der Waals surface area contributed by atoms with E-state index in [0.717, 1.165) is 24.1 Å². The number of hydrogen-bond acceptors (Lipinski definition) is 2. The fraction of sp³-hybridized carbons (Fsp3) is 0.200. The third-order valence-corrected chi connectivity index (χ3v) is 2.26. The number of amides is 2. The standard InChI is InChI=1S/C10H11N3O/c11-10(14)13-12-9-6-5-7-3-1-2-4-8(7)9/h1-4H,5-6H2,(H3,11,13,14)/b12-9+. The lowest BCUT2D eigenvalue weighted by molar-refractivity contribution is 0.249. The van der Waals surface area contributed by atoms with E-state index in [-0.39, 0.29) is 0 Å². The monoisotopic (exact) mass is 189 g/mol. The van der Waals surface area contributed by atoms with E-state index in [2.05, 4.69) is 16.6 Å². The average molecular weight is 189 g/mol. The molecular formula is C10H11N3O. The fourth-order valence-corrected chi connectivity index (χ4v) is 1.65. The lowest BCUT2D eigenvalue weighted by atomic mass is 10.1. The first-order chi connectivity index (χ1) is 6.77. The van der Waals surface area contributed by atoms with Crippen molar-refractivity contribution in [3.05, 3.63) is 35.4 Å². The van der Waals surface area contributed by atoms with Crippen LogP contribution in [0.3, 0.4) is 0 Å². The summed E-state index contributed by atoms with van der Waals surface area (Å²) in [6.45, 7) is 0. The Bertz CT molecular complexity index is 398. The van der Waals surface area contributed by atoms with Crippen molar-refractivity contribution in [1.29, 1.82) is 0 Å². The molecule has 0 aromatic heterocycles. The smallest absolute Gasteiger partial charge is 0.332 e. The summed E-state index contributed by atoms with van der Waals surface area (Å²) in [4.78, 5) is 10.5. The average Bonchev–Trinajstić information content (AvgIpc) is 2.58. The number of urea groups is 1. The van der Waals surface area contributed by atoms with Crippen molar-refractivity contribution in [2.24, 2.45) is 10.8 Å². The predicted molar refractivity (Wildman–Crippen MR) is 54.0 cm³/mol. The second-order valence-electron chi connectivity index (χ2n) is 3.19. The van der Waals surface area contributed by atoms with E-state index in [1.54, 1.807) is 0 Å². The van der Waals surface area contributed by atoms with E-state index in [0.29, 0.717) is 0 Å². The highest BCUT2D eigenvalue weighted by molar-refractivity contribution is 6.04. The van der Waals surface area contributed by atoms with Crippen molar-refractivity contribution in [3.63, 3.8) is 0 Å². The van der Waals surface area contributed by atoms with E-state index in [1.165, 1.54) is 5.56 Å². The van der Waals surface area contributed by atoms with Gasteiger partial charge in [-0.2, -0.15) is 5.10 Å². The number of hydrazone groups is 1. The third-order valence-electron chi connectivity index (χ3n) is 2.26. The van der Waals surface area contributed by atoms with E-state index < -0.39 is 6.03 Å². The molecule has 1 aromatic carbocycles. The Morgan fingerprint density at radius 1 is 1.36 bits per heavy atom. The largest absolute Gasteiger partial charge is 0.350 e. The maximum atomic E-state index is 10.5. The topological polar surface area (TPSA) is 67.5 Å². The minimum atomic E-state index is -0.623. The number of fused-ring (bicyclic) bond motifs is 1. The molecule has 0 unspecified atom stereocenters. The van der Waals surface area contributed by atoms with Crippen LogP contribution in [0.25, 0.3) is 0 Å². The van der Waals surface area contributed by atoms with Crippen LogP contribution >= 0.6 is 0 Å². The zero-order valence-corrected chi connectivity index (χ0v) is 7.66. The molecule has 3 N–H and O–H groups in total. The number of nitrogens with one attached hydrogen (secondary N) is 1. The van der Waals surface area contributed by atoms with E-state index in [1.807, 2.05) is 18.2 Å². The van der Waals surface area contributed by atoms with Gasteiger partial charge in [0.1, 0.15) is 0 Å². The molecule has 0 saturated carbocycles. The number of hydrogen-bond donors (Lipinski definition) is 2. The molecule has 0 heterocycles. The van der Waals surface area contributed by atoms with Crippen LogP contribution in [-0.4, -0.2) is 11.7 Å². The first-order valence-corrected chi connectivity index (χ1v) is 4.47. The first-order valence-electron chi connectivity index (χ1n) is 4.47. The molecule has 4 nitrogen and oxygen atoms in total. The maximum absolute atomic E-state index is 10.5. The summed E-state index contributed by atoms with van der Waals surface area (Å²) in [5, 5.41) is 3.96. The highest BCUT2D eigenvalue weighted by atomic mass is 16.2. The first kappa shape index (κ1) is 8.74. The number of nitrogens with two attached hydrogens (primary N) is 1. The molecule has 1 aliphatic rings. The Balaban J connectivity index is 2.26. The van der Waals surface area contributed by atoms with Crippen molar-refractivity contribution in [2.45, 2.75) is 12.8 Å². The molecule has 0 saturated heterocycles. The summed E-state index contributed by atoms with van der Waals surface area (Å²) in [7, 11) is 0. The summed E-state index contributed by atoms with van der Waals surface area (Å²) in [6, 6.07) is 7.42. The molecule has 0 atom stereocenters. The zero-order chi connectivity index (χ0) is 9.97. The highest BCUT2D eigenvalue weighted by Crippen LogP contribution is 2.21. The van der Waals surface area contributed by atoms with Gasteiger partial charge in [-0.3, -0.25) is 0 Å². The van der Waals surface area contributed by atoms with Gasteiger partial charge >= 0.3 is 6.03 Å². The molecule has 0 fully saturated rings. The fourth-order valence-electron chi connectivity index (χ4n) is 1.65. The molecule has 72 valence electrons. The second kappa shape index (κ2) is 3.49. The number of primary amides is 1. The zero-order valence-electron chi connectivity index (χ0n) is 7.66. The molecule has 4 heteroatoms. The summed E-state index contributed by atoms with van der Waals surface area (Å²) in [5.74, 6) is 0. The van der Waals surface area contributed by atoms with Crippen LogP contribution in [0.1, 0.15) is 17.5 Å². The van der Waals surface area contributed by atoms with Crippen LogP contribution < -0.4 is 11.2 Å². The van der Waals surface area contributed by atoms with E-state index >= 15 is 0 Å². The van der Waals surface area contributed by atoms with Crippen LogP contribution in [0.4, 0.5) is 4.79 Å². The minimum absolute atomic E-state index is 0.623. The molecule has 2 rings (SSSR count). The van der Waals surface area contributed by atoms with Crippen molar-refractivity contribution >= 4 is 11.7 Å². The van der Waals surface area contributed by atoms with Gasteiger partial charge in [0.25, 0.3) is 0 Å². The number of rotatable bonds is 1. The van der Waals surface area contributed by atoms with Gasteiger partial charge in [-0.1, -0.05) is 24.3 Å². The SMILES string of the molecule is NC(=O)N/N=C1\CCc2ccccc21. The van der Waals surface area contributed by atoms with Crippen LogP contribution in [0.15, 0.2) is 29.4 Å². The van der Waals surface area contributed by atoms with Gasteiger partial charge in [-0.05, 0) is 18.4 Å².